The van der Waals surface area contributed by atoms with E-state index in [9.17, 15) is 14.7 Å². The highest BCUT2D eigenvalue weighted by molar-refractivity contribution is 5.83. The number of aliphatic hydroxyl groups is 1. The van der Waals surface area contributed by atoms with Gasteiger partial charge in [0.05, 0.1) is 6.10 Å². The minimum atomic E-state index is -1.04. The van der Waals surface area contributed by atoms with Crippen molar-refractivity contribution >= 4 is 12.0 Å². The third-order valence-corrected chi connectivity index (χ3v) is 4.39. The van der Waals surface area contributed by atoms with Crippen molar-refractivity contribution in [2.24, 2.45) is 5.92 Å². The molecule has 2 aliphatic rings. The minimum absolute atomic E-state index is 0.116. The highest BCUT2D eigenvalue weighted by Gasteiger charge is 2.40. The maximum atomic E-state index is 12.4. The summed E-state index contributed by atoms with van der Waals surface area (Å²) in [6.07, 6.45) is 5.37. The van der Waals surface area contributed by atoms with Gasteiger partial charge in [0.1, 0.15) is 6.04 Å². The van der Waals surface area contributed by atoms with E-state index in [1.54, 1.807) is 11.9 Å². The quantitative estimate of drug-likeness (QED) is 0.814. The van der Waals surface area contributed by atoms with Gasteiger partial charge in [0.15, 0.2) is 0 Å². The molecule has 0 bridgehead atoms. The predicted octanol–water partition coefficient (Wildman–Crippen LogP) is 1.14. The third-order valence-electron chi connectivity index (χ3n) is 4.39. The van der Waals surface area contributed by atoms with Crippen LogP contribution in [-0.4, -0.2) is 64.3 Å². The zero-order valence-corrected chi connectivity index (χ0v) is 12.0. The van der Waals surface area contributed by atoms with Crippen LogP contribution in [0.1, 0.15) is 38.5 Å². The van der Waals surface area contributed by atoms with Crippen LogP contribution in [0.4, 0.5) is 4.79 Å². The Kier molecular flexibility index (Phi) is 4.86. The third kappa shape index (κ3) is 3.42. The second-order valence-corrected chi connectivity index (χ2v) is 6.06. The van der Waals surface area contributed by atoms with E-state index < -0.39 is 18.1 Å². The number of carbonyl (C=O) groups excluding carboxylic acids is 1. The van der Waals surface area contributed by atoms with Gasteiger partial charge < -0.3 is 20.0 Å². The van der Waals surface area contributed by atoms with Crippen molar-refractivity contribution in [1.29, 1.82) is 0 Å². The molecule has 1 saturated carbocycles. The number of β-amino-alcohol motifs (C(OH)–C–C–N with tert-alkyl or cyclic N) is 1. The number of amides is 2. The molecule has 2 amide bonds. The van der Waals surface area contributed by atoms with Gasteiger partial charge in [-0.05, 0) is 18.8 Å². The van der Waals surface area contributed by atoms with Gasteiger partial charge in [-0.15, -0.1) is 0 Å². The fraction of sp³-hybridized carbons (Fsp3) is 0.857. The molecular formula is C14H24N2O4. The molecule has 0 aromatic heterocycles. The lowest BCUT2D eigenvalue weighted by Crippen LogP contribution is -2.48. The Morgan fingerprint density at radius 1 is 1.25 bits per heavy atom. The molecule has 0 aromatic carbocycles. The first kappa shape index (κ1) is 15.1. The first-order valence-electron chi connectivity index (χ1n) is 7.41. The largest absolute Gasteiger partial charge is 0.480 e. The van der Waals surface area contributed by atoms with Gasteiger partial charge in [0.2, 0.25) is 0 Å². The number of likely N-dealkylation sites (tertiary alicyclic amines) is 1. The normalized spacial score (nSPS) is 27.6. The van der Waals surface area contributed by atoms with Crippen LogP contribution in [0.3, 0.4) is 0 Å². The van der Waals surface area contributed by atoms with Crippen LogP contribution in [0.15, 0.2) is 0 Å². The SMILES string of the molecule is CN(CC1CCCCC1)C(=O)N1CC(O)C[C@H]1C(=O)O. The van der Waals surface area contributed by atoms with E-state index in [4.69, 9.17) is 5.11 Å². The summed E-state index contributed by atoms with van der Waals surface area (Å²) in [5.74, 6) is -0.519. The fourth-order valence-corrected chi connectivity index (χ4v) is 3.31. The molecule has 2 fully saturated rings. The van der Waals surface area contributed by atoms with Gasteiger partial charge in [-0.3, -0.25) is 0 Å². The molecule has 1 saturated heterocycles. The zero-order chi connectivity index (χ0) is 14.7. The molecule has 1 heterocycles. The maximum Gasteiger partial charge on any atom is 0.326 e. The standard InChI is InChI=1S/C14H24N2O4/c1-15(8-10-5-3-2-4-6-10)14(20)16-9-11(17)7-12(16)13(18)19/h10-12,17H,2-9H2,1H3,(H,18,19)/t11?,12-/m0/s1. The van der Waals surface area contributed by atoms with Gasteiger partial charge in [0, 0.05) is 26.6 Å². The van der Waals surface area contributed by atoms with Crippen LogP contribution < -0.4 is 0 Å². The second kappa shape index (κ2) is 6.43. The lowest BCUT2D eigenvalue weighted by atomic mass is 9.89. The van der Waals surface area contributed by atoms with Gasteiger partial charge in [-0.1, -0.05) is 19.3 Å². The smallest absolute Gasteiger partial charge is 0.326 e. The highest BCUT2D eigenvalue weighted by Crippen LogP contribution is 2.25. The van der Waals surface area contributed by atoms with Crippen LogP contribution in [0.2, 0.25) is 0 Å². The number of hydrogen-bond donors (Lipinski definition) is 2. The van der Waals surface area contributed by atoms with E-state index in [-0.39, 0.29) is 19.0 Å². The Balaban J connectivity index is 1.93. The topological polar surface area (TPSA) is 81.1 Å². The molecule has 6 nitrogen and oxygen atoms in total. The molecule has 2 N–H and O–H groups in total. The Morgan fingerprint density at radius 3 is 2.50 bits per heavy atom. The number of aliphatic carboxylic acids is 1. The number of urea groups is 1. The summed E-state index contributed by atoms with van der Waals surface area (Å²) in [6, 6.07) is -1.18. The average molecular weight is 284 g/mol. The van der Waals surface area contributed by atoms with Gasteiger partial charge in [-0.25, -0.2) is 9.59 Å². The van der Waals surface area contributed by atoms with Crippen LogP contribution in [0.25, 0.3) is 0 Å². The van der Waals surface area contributed by atoms with Crippen LogP contribution in [0.5, 0.6) is 0 Å². The summed E-state index contributed by atoms with van der Waals surface area (Å²) in [5.41, 5.74) is 0. The van der Waals surface area contributed by atoms with E-state index in [0.29, 0.717) is 12.5 Å². The molecular weight excluding hydrogens is 260 g/mol. The number of carboxylic acids is 1. The molecule has 2 rings (SSSR count). The second-order valence-electron chi connectivity index (χ2n) is 6.06. The van der Waals surface area contributed by atoms with Crippen molar-refractivity contribution in [2.75, 3.05) is 20.1 Å². The minimum Gasteiger partial charge on any atom is -0.480 e. The summed E-state index contributed by atoms with van der Waals surface area (Å²) in [5, 5.41) is 18.7. The summed E-state index contributed by atoms with van der Waals surface area (Å²) in [7, 11) is 1.72. The van der Waals surface area contributed by atoms with Crippen molar-refractivity contribution in [3.05, 3.63) is 0 Å². The molecule has 0 spiro atoms. The maximum absolute atomic E-state index is 12.4. The van der Waals surface area contributed by atoms with Crippen molar-refractivity contribution < 1.29 is 19.8 Å². The molecule has 0 aromatic rings. The number of carboxylic acid groups (broad SMARTS) is 1. The van der Waals surface area contributed by atoms with E-state index in [1.807, 2.05) is 0 Å². The molecule has 0 radical (unpaired) electrons. The highest BCUT2D eigenvalue weighted by atomic mass is 16.4. The van der Waals surface area contributed by atoms with E-state index in [2.05, 4.69) is 0 Å². The average Bonchev–Trinajstić information content (AvgIpc) is 2.81. The first-order chi connectivity index (χ1) is 9.49. The fourth-order valence-electron chi connectivity index (χ4n) is 3.31. The first-order valence-corrected chi connectivity index (χ1v) is 7.41. The Hall–Kier alpha value is -1.30. The van der Waals surface area contributed by atoms with Crippen LogP contribution in [0, 0.1) is 5.92 Å². The van der Waals surface area contributed by atoms with E-state index in [1.165, 1.54) is 24.2 Å². The molecule has 6 heteroatoms. The number of nitrogens with zero attached hydrogens (tertiary/aromatic N) is 2. The number of rotatable bonds is 3. The number of hydrogen-bond acceptors (Lipinski definition) is 3. The molecule has 1 aliphatic carbocycles. The van der Waals surface area contributed by atoms with Crippen LogP contribution in [-0.2, 0) is 4.79 Å². The summed E-state index contributed by atoms with van der Waals surface area (Å²) in [4.78, 5) is 26.4. The molecule has 114 valence electrons. The number of carbonyl (C=O) groups is 2. The summed E-state index contributed by atoms with van der Waals surface area (Å²) >= 11 is 0. The lowest BCUT2D eigenvalue weighted by molar-refractivity contribution is -0.141. The summed E-state index contributed by atoms with van der Waals surface area (Å²) in [6.45, 7) is 0.794. The van der Waals surface area contributed by atoms with E-state index >= 15 is 0 Å². The van der Waals surface area contributed by atoms with Gasteiger partial charge in [0.25, 0.3) is 0 Å². The van der Waals surface area contributed by atoms with Crippen molar-refractivity contribution in [3.8, 4) is 0 Å². The Bertz CT molecular complexity index is 368. The van der Waals surface area contributed by atoms with Crippen molar-refractivity contribution in [2.45, 2.75) is 50.7 Å². The number of aliphatic hydroxyl groups excluding tert-OH is 1. The summed E-state index contributed by atoms with van der Waals surface area (Å²) < 4.78 is 0. The van der Waals surface area contributed by atoms with Gasteiger partial charge >= 0.3 is 12.0 Å². The van der Waals surface area contributed by atoms with Crippen molar-refractivity contribution in [3.63, 3.8) is 0 Å². The van der Waals surface area contributed by atoms with Crippen LogP contribution >= 0.6 is 0 Å². The van der Waals surface area contributed by atoms with E-state index in [0.717, 1.165) is 12.8 Å². The molecule has 2 atom stereocenters. The predicted molar refractivity (Wildman–Crippen MR) is 73.4 cm³/mol. The monoisotopic (exact) mass is 284 g/mol. The zero-order valence-electron chi connectivity index (χ0n) is 12.0. The van der Waals surface area contributed by atoms with Gasteiger partial charge in [-0.2, -0.15) is 0 Å². The Labute approximate surface area is 119 Å². The lowest BCUT2D eigenvalue weighted by Gasteiger charge is -2.31. The molecule has 1 aliphatic heterocycles. The van der Waals surface area contributed by atoms with Crippen molar-refractivity contribution in [1.82, 2.24) is 9.80 Å². The Morgan fingerprint density at radius 2 is 1.90 bits per heavy atom. The molecule has 20 heavy (non-hydrogen) atoms. The molecule has 1 unspecified atom stereocenters.